The normalized spacial score (nSPS) is 24.8. The third-order valence-electron chi connectivity index (χ3n) is 4.94. The fourth-order valence-electron chi connectivity index (χ4n) is 3.76. The number of nitrogens with one attached hydrogen (secondary N) is 1. The summed E-state index contributed by atoms with van der Waals surface area (Å²) in [5, 5.41) is 3.17. The predicted molar refractivity (Wildman–Crippen MR) is 85.3 cm³/mol. The van der Waals surface area contributed by atoms with Crippen molar-refractivity contribution in [3.05, 3.63) is 23.2 Å². The van der Waals surface area contributed by atoms with Gasteiger partial charge in [0.05, 0.1) is 13.1 Å². The van der Waals surface area contributed by atoms with Gasteiger partial charge in [-0.2, -0.15) is 0 Å². The van der Waals surface area contributed by atoms with Crippen molar-refractivity contribution in [2.24, 2.45) is 0 Å². The first-order valence-electron chi connectivity index (χ1n) is 8.45. The monoisotopic (exact) mass is 291 g/mol. The molecule has 2 fully saturated rings. The summed E-state index contributed by atoms with van der Waals surface area (Å²) in [7, 11) is 1.96. The van der Waals surface area contributed by atoms with Crippen LogP contribution in [-0.2, 0) is 13.1 Å². The molecule has 0 spiro atoms. The number of hydrogen-bond acceptors (Lipinski definition) is 4. The number of nitrogens with zero attached hydrogens (tertiary/aromatic N) is 2. The molecule has 0 bridgehead atoms. The molecule has 2 aliphatic heterocycles. The van der Waals surface area contributed by atoms with Crippen LogP contribution in [0.4, 0.5) is 0 Å². The lowest BCUT2D eigenvalue weighted by atomic mass is 10.1. The van der Waals surface area contributed by atoms with Gasteiger partial charge >= 0.3 is 0 Å². The summed E-state index contributed by atoms with van der Waals surface area (Å²) in [4.78, 5) is 5.27. The van der Waals surface area contributed by atoms with Crippen molar-refractivity contribution in [3.8, 4) is 0 Å². The molecular weight excluding hydrogens is 262 g/mol. The Morgan fingerprint density at radius 2 is 2.05 bits per heavy atom. The second kappa shape index (κ2) is 6.95. The van der Waals surface area contributed by atoms with Crippen molar-refractivity contribution in [1.29, 1.82) is 0 Å². The van der Waals surface area contributed by atoms with Crippen molar-refractivity contribution < 1.29 is 4.42 Å². The molecule has 0 radical (unpaired) electrons. The van der Waals surface area contributed by atoms with Crippen molar-refractivity contribution in [1.82, 2.24) is 15.1 Å². The van der Waals surface area contributed by atoms with E-state index in [1.165, 1.54) is 57.4 Å². The minimum absolute atomic E-state index is 0.776. The van der Waals surface area contributed by atoms with Gasteiger partial charge in [-0.1, -0.05) is 6.42 Å². The summed E-state index contributed by atoms with van der Waals surface area (Å²) in [6, 6.07) is 2.99. The van der Waals surface area contributed by atoms with Crippen LogP contribution in [0.2, 0.25) is 0 Å². The number of likely N-dealkylation sites (tertiary alicyclic amines) is 2. The zero-order chi connectivity index (χ0) is 14.7. The second-order valence-corrected chi connectivity index (χ2v) is 6.62. The molecule has 1 atom stereocenters. The van der Waals surface area contributed by atoms with Crippen molar-refractivity contribution in [3.63, 3.8) is 0 Å². The smallest absolute Gasteiger partial charge is 0.120 e. The van der Waals surface area contributed by atoms with E-state index in [0.29, 0.717) is 0 Å². The van der Waals surface area contributed by atoms with Crippen LogP contribution in [0.5, 0.6) is 0 Å². The first kappa shape index (κ1) is 15.1. The highest BCUT2D eigenvalue weighted by Crippen LogP contribution is 2.23. The van der Waals surface area contributed by atoms with E-state index in [1.54, 1.807) is 0 Å². The Balaban J connectivity index is 1.53. The average molecular weight is 291 g/mol. The predicted octanol–water partition coefficient (Wildman–Crippen LogP) is 2.37. The van der Waals surface area contributed by atoms with Crippen LogP contribution in [0.3, 0.4) is 0 Å². The van der Waals surface area contributed by atoms with Gasteiger partial charge in [0.2, 0.25) is 0 Å². The van der Waals surface area contributed by atoms with Crippen LogP contribution in [0.15, 0.2) is 10.5 Å². The van der Waals surface area contributed by atoms with Crippen molar-refractivity contribution >= 4 is 0 Å². The fourth-order valence-corrected chi connectivity index (χ4v) is 3.76. The van der Waals surface area contributed by atoms with Gasteiger partial charge in [0.1, 0.15) is 11.5 Å². The van der Waals surface area contributed by atoms with Gasteiger partial charge in [-0.05, 0) is 58.0 Å². The highest BCUT2D eigenvalue weighted by atomic mass is 16.3. The van der Waals surface area contributed by atoms with Crippen molar-refractivity contribution in [2.45, 2.75) is 51.7 Å². The van der Waals surface area contributed by atoms with Crippen LogP contribution in [0.1, 0.15) is 42.8 Å². The van der Waals surface area contributed by atoms with Gasteiger partial charge in [0.25, 0.3) is 0 Å². The third kappa shape index (κ3) is 3.68. The van der Waals surface area contributed by atoms with E-state index < -0.39 is 0 Å². The highest BCUT2D eigenvalue weighted by Gasteiger charge is 2.28. The fraction of sp³-hybridized carbons (Fsp3) is 0.765. The Labute approximate surface area is 128 Å². The molecule has 2 saturated heterocycles. The van der Waals surface area contributed by atoms with Crippen LogP contribution in [-0.4, -0.2) is 49.1 Å². The number of piperidine rings is 1. The molecule has 118 valence electrons. The molecule has 1 N–H and O–H groups in total. The molecule has 21 heavy (non-hydrogen) atoms. The SMILES string of the molecule is CNCc1oc(CN2CCC(N3CCCCC3)C2)cc1C. The van der Waals surface area contributed by atoms with Gasteiger partial charge in [-0.15, -0.1) is 0 Å². The Morgan fingerprint density at radius 1 is 1.24 bits per heavy atom. The summed E-state index contributed by atoms with van der Waals surface area (Å²) in [6.07, 6.45) is 5.53. The second-order valence-electron chi connectivity index (χ2n) is 6.62. The van der Waals surface area contributed by atoms with Gasteiger partial charge in [-0.3, -0.25) is 9.80 Å². The third-order valence-corrected chi connectivity index (χ3v) is 4.94. The van der Waals surface area contributed by atoms with E-state index in [4.69, 9.17) is 4.42 Å². The first-order chi connectivity index (χ1) is 10.3. The topological polar surface area (TPSA) is 31.7 Å². The molecule has 4 nitrogen and oxygen atoms in total. The van der Waals surface area contributed by atoms with Gasteiger partial charge in [0, 0.05) is 19.1 Å². The summed E-state index contributed by atoms with van der Waals surface area (Å²) in [5.41, 5.74) is 1.27. The largest absolute Gasteiger partial charge is 0.463 e. The molecule has 1 aromatic rings. The summed E-state index contributed by atoms with van der Waals surface area (Å²) < 4.78 is 5.98. The van der Waals surface area contributed by atoms with Gasteiger partial charge in [-0.25, -0.2) is 0 Å². The zero-order valence-electron chi connectivity index (χ0n) is 13.5. The maximum Gasteiger partial charge on any atom is 0.120 e. The maximum absolute atomic E-state index is 5.98. The van der Waals surface area contributed by atoms with Gasteiger partial charge in [0.15, 0.2) is 0 Å². The van der Waals surface area contributed by atoms with E-state index in [-0.39, 0.29) is 0 Å². The van der Waals surface area contributed by atoms with E-state index in [0.717, 1.165) is 30.7 Å². The molecule has 0 aromatic carbocycles. The molecule has 0 saturated carbocycles. The molecule has 0 amide bonds. The quantitative estimate of drug-likeness (QED) is 0.902. The molecule has 1 unspecified atom stereocenters. The minimum atomic E-state index is 0.776. The number of rotatable bonds is 5. The number of furan rings is 1. The molecule has 3 heterocycles. The lowest BCUT2D eigenvalue weighted by molar-refractivity contribution is 0.159. The highest BCUT2D eigenvalue weighted by molar-refractivity contribution is 5.20. The minimum Gasteiger partial charge on any atom is -0.463 e. The summed E-state index contributed by atoms with van der Waals surface area (Å²) >= 11 is 0. The zero-order valence-corrected chi connectivity index (χ0v) is 13.5. The molecule has 2 aliphatic rings. The van der Waals surface area contributed by atoms with Crippen LogP contribution in [0, 0.1) is 6.92 Å². The molecule has 0 aliphatic carbocycles. The molecule has 1 aromatic heterocycles. The molecule has 4 heteroatoms. The number of aryl methyl sites for hydroxylation is 1. The van der Waals surface area contributed by atoms with E-state index in [2.05, 4.69) is 28.1 Å². The van der Waals surface area contributed by atoms with E-state index in [1.807, 2.05) is 7.05 Å². The first-order valence-corrected chi connectivity index (χ1v) is 8.45. The van der Waals surface area contributed by atoms with Crippen LogP contribution in [0.25, 0.3) is 0 Å². The van der Waals surface area contributed by atoms with Gasteiger partial charge < -0.3 is 9.73 Å². The Hall–Kier alpha value is -0.840. The summed E-state index contributed by atoms with van der Waals surface area (Å²) in [5.74, 6) is 2.20. The Bertz CT molecular complexity index is 451. The lowest BCUT2D eigenvalue weighted by Crippen LogP contribution is -2.40. The maximum atomic E-state index is 5.98. The standard InChI is InChI=1S/C17H29N3O/c1-14-10-16(21-17(14)11-18-2)13-19-9-6-15(12-19)20-7-4-3-5-8-20/h10,15,18H,3-9,11-13H2,1-2H3. The molecular formula is C17H29N3O. The van der Waals surface area contributed by atoms with E-state index >= 15 is 0 Å². The summed E-state index contributed by atoms with van der Waals surface area (Å²) in [6.45, 7) is 8.97. The lowest BCUT2D eigenvalue weighted by Gasteiger charge is -2.32. The Kier molecular flexibility index (Phi) is 4.99. The van der Waals surface area contributed by atoms with Crippen LogP contribution >= 0.6 is 0 Å². The van der Waals surface area contributed by atoms with Crippen LogP contribution < -0.4 is 5.32 Å². The molecule has 3 rings (SSSR count). The Morgan fingerprint density at radius 3 is 2.81 bits per heavy atom. The average Bonchev–Trinajstić information content (AvgIpc) is 3.08. The van der Waals surface area contributed by atoms with Crippen molar-refractivity contribution in [2.75, 3.05) is 33.2 Å². The number of hydrogen-bond donors (Lipinski definition) is 1. The van der Waals surface area contributed by atoms with E-state index in [9.17, 15) is 0 Å².